The minimum atomic E-state index is -0.900. The highest BCUT2D eigenvalue weighted by Gasteiger charge is 2.62. The molecule has 0 aromatic heterocycles. The van der Waals surface area contributed by atoms with Crippen molar-refractivity contribution in [2.45, 2.75) is 302 Å². The fourth-order valence-electron chi connectivity index (χ4n) is 13.0. The summed E-state index contributed by atoms with van der Waals surface area (Å²) in [6.45, 7) is 18.5. The van der Waals surface area contributed by atoms with Crippen LogP contribution in [0.5, 0.6) is 0 Å². The molecule has 0 amide bonds. The SMILES string of the molecule is CC1(C)CC(C(CCCCCCCC(=O)O)(C(=O)O)C2CC(C)(C)N(OC3CCCCCCCCCCC3)C(C)(C)C2)CC(C)(C)N1OC1CCCCCCCCCCC1. The van der Waals surface area contributed by atoms with E-state index in [2.05, 4.69) is 65.5 Å². The monoisotopic (exact) mass is 845 g/mol. The number of unbranched alkanes of at least 4 members (excludes halogenated alkanes) is 4. The lowest BCUT2D eigenvalue weighted by atomic mass is 9.52. The summed E-state index contributed by atoms with van der Waals surface area (Å²) in [5.41, 5.74) is -2.25. The van der Waals surface area contributed by atoms with E-state index in [4.69, 9.17) is 9.68 Å². The second kappa shape index (κ2) is 24.2. The molecular formula is C52H96N2O6. The van der Waals surface area contributed by atoms with Crippen LogP contribution in [0.3, 0.4) is 0 Å². The predicted octanol–water partition coefficient (Wildman–Crippen LogP) is 14.6. The van der Waals surface area contributed by atoms with E-state index in [-0.39, 0.29) is 52.6 Å². The Hall–Kier alpha value is -1.22. The molecule has 2 aliphatic heterocycles. The third-order valence-electron chi connectivity index (χ3n) is 15.6. The van der Waals surface area contributed by atoms with Gasteiger partial charge in [-0.2, -0.15) is 10.1 Å². The Kier molecular flexibility index (Phi) is 20.7. The zero-order valence-electron chi connectivity index (χ0n) is 40.6. The molecule has 0 aromatic rings. The number of hydrogen-bond donors (Lipinski definition) is 2. The molecule has 0 unspecified atom stereocenters. The molecule has 4 aliphatic rings. The quantitative estimate of drug-likeness (QED) is 0.157. The molecule has 0 spiro atoms. The van der Waals surface area contributed by atoms with E-state index in [0.29, 0.717) is 12.8 Å². The van der Waals surface area contributed by atoms with E-state index >= 15 is 0 Å². The molecule has 2 saturated heterocycles. The maximum absolute atomic E-state index is 14.5. The van der Waals surface area contributed by atoms with Gasteiger partial charge in [-0.15, -0.1) is 0 Å². The van der Waals surface area contributed by atoms with Crippen molar-refractivity contribution >= 4 is 11.9 Å². The molecule has 2 saturated carbocycles. The summed E-state index contributed by atoms with van der Waals surface area (Å²) in [7, 11) is 0. The second-order valence-corrected chi connectivity index (χ2v) is 23.0. The lowest BCUT2D eigenvalue weighted by Gasteiger charge is -2.62. The number of hydrogen-bond acceptors (Lipinski definition) is 6. The number of hydroxylamine groups is 4. The van der Waals surface area contributed by atoms with E-state index in [0.717, 1.165) is 77.0 Å². The Bertz CT molecular complexity index is 1130. The van der Waals surface area contributed by atoms with Crippen molar-refractivity contribution in [2.24, 2.45) is 17.3 Å². The van der Waals surface area contributed by atoms with Crippen molar-refractivity contribution in [1.29, 1.82) is 0 Å². The van der Waals surface area contributed by atoms with E-state index in [1.807, 2.05) is 0 Å². The summed E-state index contributed by atoms with van der Waals surface area (Å²) >= 11 is 0. The minimum absolute atomic E-state index is 0.0152. The smallest absolute Gasteiger partial charge is 0.310 e. The van der Waals surface area contributed by atoms with Crippen LogP contribution in [-0.4, -0.2) is 66.6 Å². The Morgan fingerprint density at radius 1 is 0.467 bits per heavy atom. The van der Waals surface area contributed by atoms with Gasteiger partial charge in [0, 0.05) is 28.6 Å². The van der Waals surface area contributed by atoms with Crippen LogP contribution in [0.25, 0.3) is 0 Å². The number of piperidine rings is 2. The summed E-state index contributed by atoms with van der Waals surface area (Å²) in [4.78, 5) is 40.1. The first kappa shape index (κ1) is 51.4. The molecule has 0 radical (unpaired) electrons. The molecule has 0 atom stereocenters. The Morgan fingerprint density at radius 3 is 1.05 bits per heavy atom. The summed E-state index contributed by atoms with van der Waals surface area (Å²) in [5.74, 6) is -1.39. The molecule has 0 aromatic carbocycles. The predicted molar refractivity (Wildman–Crippen MR) is 247 cm³/mol. The first-order valence-electron chi connectivity index (χ1n) is 25.8. The Labute approximate surface area is 369 Å². The summed E-state index contributed by atoms with van der Waals surface area (Å²) in [6.07, 6.45) is 36.6. The van der Waals surface area contributed by atoms with Crippen LogP contribution in [0.1, 0.15) is 267 Å². The summed E-state index contributed by atoms with van der Waals surface area (Å²) in [6, 6.07) is 0. The number of carbonyl (C=O) groups is 2. The number of carboxylic acids is 2. The number of carboxylic acid groups (broad SMARTS) is 2. The summed E-state index contributed by atoms with van der Waals surface area (Å²) in [5, 5.41) is 25.8. The number of nitrogens with zero attached hydrogens (tertiary/aromatic N) is 2. The molecule has 8 nitrogen and oxygen atoms in total. The zero-order chi connectivity index (χ0) is 43.9. The van der Waals surface area contributed by atoms with E-state index in [1.54, 1.807) is 0 Å². The van der Waals surface area contributed by atoms with Gasteiger partial charge in [0.25, 0.3) is 0 Å². The maximum Gasteiger partial charge on any atom is 0.310 e. The fourth-order valence-corrected chi connectivity index (χ4v) is 13.0. The summed E-state index contributed by atoms with van der Waals surface area (Å²) < 4.78 is 0. The average Bonchev–Trinajstić information content (AvgIpc) is 3.13. The van der Waals surface area contributed by atoms with Crippen LogP contribution in [0.15, 0.2) is 0 Å². The molecule has 60 heavy (non-hydrogen) atoms. The van der Waals surface area contributed by atoms with Gasteiger partial charge in [-0.1, -0.05) is 141 Å². The first-order chi connectivity index (χ1) is 28.4. The number of rotatable bonds is 15. The van der Waals surface area contributed by atoms with Gasteiger partial charge < -0.3 is 10.2 Å². The van der Waals surface area contributed by atoms with Crippen molar-refractivity contribution in [1.82, 2.24) is 10.1 Å². The molecule has 2 heterocycles. The van der Waals surface area contributed by atoms with Crippen molar-refractivity contribution in [2.75, 3.05) is 0 Å². The standard InChI is InChI=1S/C52H96N2O6/c1-48(2)38-42(39-49(3,4)53(48)59-44-32-26-20-15-11-9-12-16-21-27-33-44)52(47(57)58,37-31-25-19-24-30-36-46(55)56)43-40-50(5,6)54(51(7,8)41-43)60-45-34-28-22-17-13-10-14-18-23-29-35-45/h42-45H,9-41H2,1-8H3,(H,55,56)(H,57,58). The topological polar surface area (TPSA) is 99.5 Å². The minimum Gasteiger partial charge on any atom is -0.481 e. The van der Waals surface area contributed by atoms with Gasteiger partial charge in [-0.05, 0) is 131 Å². The molecule has 2 N–H and O–H groups in total. The van der Waals surface area contributed by atoms with Gasteiger partial charge in [-0.25, -0.2) is 0 Å². The molecule has 0 bridgehead atoms. The zero-order valence-corrected chi connectivity index (χ0v) is 40.6. The van der Waals surface area contributed by atoms with Crippen molar-refractivity contribution in [3.05, 3.63) is 0 Å². The van der Waals surface area contributed by atoms with E-state index < -0.39 is 17.4 Å². The third-order valence-corrected chi connectivity index (χ3v) is 15.6. The van der Waals surface area contributed by atoms with Gasteiger partial charge in [-0.3, -0.25) is 19.3 Å². The fraction of sp³-hybridized carbons (Fsp3) is 0.962. The van der Waals surface area contributed by atoms with Crippen molar-refractivity contribution < 1.29 is 29.5 Å². The van der Waals surface area contributed by atoms with Crippen molar-refractivity contribution in [3.8, 4) is 0 Å². The van der Waals surface area contributed by atoms with Gasteiger partial charge in [0.2, 0.25) is 0 Å². The molecule has 350 valence electrons. The highest BCUT2D eigenvalue weighted by Crippen LogP contribution is 2.59. The van der Waals surface area contributed by atoms with E-state index in [1.165, 1.54) is 116 Å². The van der Waals surface area contributed by atoms with Gasteiger partial charge in [0.15, 0.2) is 0 Å². The van der Waals surface area contributed by atoms with Crippen LogP contribution < -0.4 is 0 Å². The lowest BCUT2D eigenvalue weighted by Crippen LogP contribution is -2.67. The number of aliphatic carboxylic acids is 2. The molecule has 4 fully saturated rings. The van der Waals surface area contributed by atoms with Crippen LogP contribution in [0.4, 0.5) is 0 Å². The highest BCUT2D eigenvalue weighted by atomic mass is 16.7. The van der Waals surface area contributed by atoms with Gasteiger partial charge >= 0.3 is 11.9 Å². The van der Waals surface area contributed by atoms with Crippen molar-refractivity contribution in [3.63, 3.8) is 0 Å². The highest BCUT2D eigenvalue weighted by molar-refractivity contribution is 5.76. The van der Waals surface area contributed by atoms with Crippen LogP contribution in [-0.2, 0) is 19.3 Å². The average molecular weight is 845 g/mol. The molecule has 2 aliphatic carbocycles. The van der Waals surface area contributed by atoms with Crippen LogP contribution >= 0.6 is 0 Å². The van der Waals surface area contributed by atoms with Crippen LogP contribution in [0.2, 0.25) is 0 Å². The van der Waals surface area contributed by atoms with Crippen LogP contribution in [0, 0.1) is 17.3 Å². The second-order valence-electron chi connectivity index (χ2n) is 23.0. The van der Waals surface area contributed by atoms with Gasteiger partial charge in [0.1, 0.15) is 0 Å². The third kappa shape index (κ3) is 15.2. The molecule has 4 rings (SSSR count). The normalized spacial score (nSPS) is 25.9. The lowest BCUT2D eigenvalue weighted by molar-refractivity contribution is -0.328. The molecular weight excluding hydrogens is 749 g/mol. The Morgan fingerprint density at radius 2 is 0.750 bits per heavy atom. The van der Waals surface area contributed by atoms with E-state index in [9.17, 15) is 19.8 Å². The maximum atomic E-state index is 14.5. The van der Waals surface area contributed by atoms with Gasteiger partial charge in [0.05, 0.1) is 17.6 Å². The Balaban J connectivity index is 1.61. The largest absolute Gasteiger partial charge is 0.481 e. The first-order valence-corrected chi connectivity index (χ1v) is 25.8. The molecule has 8 heteroatoms.